The maximum absolute atomic E-state index is 11.2. The average Bonchev–Trinajstić information content (AvgIpc) is 2.20. The lowest BCUT2D eigenvalue weighted by molar-refractivity contribution is -0.146. The zero-order valence-electron chi connectivity index (χ0n) is 10.6. The molecule has 0 aromatic heterocycles. The van der Waals surface area contributed by atoms with Gasteiger partial charge < -0.3 is 10.0 Å². The maximum Gasteiger partial charge on any atom is 0.309 e. The van der Waals surface area contributed by atoms with Gasteiger partial charge in [-0.05, 0) is 38.0 Å². The van der Waals surface area contributed by atoms with Crippen molar-refractivity contribution in [2.24, 2.45) is 5.41 Å². The van der Waals surface area contributed by atoms with E-state index in [4.69, 9.17) is 16.7 Å². The highest BCUT2D eigenvalue weighted by Crippen LogP contribution is 2.33. The third kappa shape index (κ3) is 3.13. The normalized spacial score (nSPS) is 11.4. The minimum Gasteiger partial charge on any atom is -0.481 e. The lowest BCUT2D eigenvalue weighted by atomic mass is 9.85. The second-order valence-electron chi connectivity index (χ2n) is 5.00. The molecular weight excluding hydrogens is 238 g/mol. The number of halogens is 1. The molecule has 0 unspecified atom stereocenters. The predicted octanol–water partition coefficient (Wildman–Crippen LogP) is 3.06. The van der Waals surface area contributed by atoms with Gasteiger partial charge in [0.2, 0.25) is 0 Å². The molecular formula is C13H18ClNO2. The minimum absolute atomic E-state index is 0.412. The Kier molecular flexibility index (Phi) is 4.04. The number of hydrogen-bond acceptors (Lipinski definition) is 2. The summed E-state index contributed by atoms with van der Waals surface area (Å²) < 4.78 is 0. The van der Waals surface area contributed by atoms with Crippen LogP contribution in [0, 0.1) is 5.41 Å². The Hall–Kier alpha value is -1.22. The first-order valence-electron chi connectivity index (χ1n) is 5.44. The number of aliphatic carboxylic acids is 1. The molecule has 0 heterocycles. The van der Waals surface area contributed by atoms with Crippen LogP contribution in [0.25, 0.3) is 0 Å². The fourth-order valence-corrected chi connectivity index (χ4v) is 1.90. The summed E-state index contributed by atoms with van der Waals surface area (Å²) in [7, 11) is 3.84. The Morgan fingerprint density at radius 3 is 2.47 bits per heavy atom. The first-order chi connectivity index (χ1) is 7.75. The summed E-state index contributed by atoms with van der Waals surface area (Å²) in [5.41, 5.74) is 1.02. The number of carboxylic acids is 1. The zero-order valence-corrected chi connectivity index (χ0v) is 11.4. The quantitative estimate of drug-likeness (QED) is 0.899. The Morgan fingerprint density at radius 2 is 2.00 bits per heavy atom. The summed E-state index contributed by atoms with van der Waals surface area (Å²) in [4.78, 5) is 13.1. The molecule has 3 nitrogen and oxygen atoms in total. The Morgan fingerprint density at radius 1 is 1.41 bits per heavy atom. The van der Waals surface area contributed by atoms with Crippen LogP contribution in [-0.2, 0) is 11.2 Å². The van der Waals surface area contributed by atoms with Crippen molar-refractivity contribution < 1.29 is 9.90 Å². The van der Waals surface area contributed by atoms with Gasteiger partial charge in [-0.2, -0.15) is 0 Å². The van der Waals surface area contributed by atoms with E-state index in [1.165, 1.54) is 0 Å². The van der Waals surface area contributed by atoms with E-state index < -0.39 is 11.4 Å². The fraction of sp³-hybridized carbons (Fsp3) is 0.462. The third-order valence-corrected chi connectivity index (χ3v) is 3.13. The molecule has 0 saturated carbocycles. The molecule has 0 bridgehead atoms. The summed E-state index contributed by atoms with van der Waals surface area (Å²) in [6.07, 6.45) is 0.412. The van der Waals surface area contributed by atoms with Gasteiger partial charge in [0.05, 0.1) is 5.41 Å². The first kappa shape index (κ1) is 13.8. The van der Waals surface area contributed by atoms with Crippen LogP contribution < -0.4 is 4.90 Å². The molecule has 0 aliphatic carbocycles. The van der Waals surface area contributed by atoms with Crippen LogP contribution in [0.15, 0.2) is 18.2 Å². The highest BCUT2D eigenvalue weighted by Gasteiger charge is 2.29. The molecule has 0 aliphatic rings. The molecule has 94 valence electrons. The van der Waals surface area contributed by atoms with Gasteiger partial charge in [0.25, 0.3) is 0 Å². The molecule has 1 rings (SSSR count). The van der Waals surface area contributed by atoms with Crippen LogP contribution in [0.1, 0.15) is 19.4 Å². The smallest absolute Gasteiger partial charge is 0.309 e. The number of benzene rings is 1. The van der Waals surface area contributed by atoms with Crippen LogP contribution >= 0.6 is 11.6 Å². The number of nitrogens with zero attached hydrogens (tertiary/aromatic N) is 1. The first-order valence-corrected chi connectivity index (χ1v) is 5.81. The Balaban J connectivity index is 3.18. The average molecular weight is 256 g/mol. The molecule has 0 aliphatic heterocycles. The van der Waals surface area contributed by atoms with Crippen molar-refractivity contribution in [3.05, 3.63) is 28.8 Å². The lowest BCUT2D eigenvalue weighted by Crippen LogP contribution is -2.27. The van der Waals surface area contributed by atoms with Gasteiger partial charge in [-0.1, -0.05) is 17.7 Å². The van der Waals surface area contributed by atoms with Gasteiger partial charge in [-0.3, -0.25) is 4.79 Å². The lowest BCUT2D eigenvalue weighted by Gasteiger charge is -2.24. The molecule has 0 radical (unpaired) electrons. The molecule has 0 fully saturated rings. The molecule has 0 spiro atoms. The van der Waals surface area contributed by atoms with E-state index in [1.54, 1.807) is 19.9 Å². The van der Waals surface area contributed by atoms with Gasteiger partial charge in [-0.15, -0.1) is 0 Å². The van der Waals surface area contributed by atoms with Gasteiger partial charge in [0.1, 0.15) is 0 Å². The number of carboxylic acid groups (broad SMARTS) is 1. The van der Waals surface area contributed by atoms with Crippen LogP contribution in [0.4, 0.5) is 5.69 Å². The van der Waals surface area contributed by atoms with Gasteiger partial charge in [0.15, 0.2) is 0 Å². The van der Waals surface area contributed by atoms with Crippen molar-refractivity contribution in [1.29, 1.82) is 0 Å². The van der Waals surface area contributed by atoms with Crippen LogP contribution in [-0.4, -0.2) is 25.2 Å². The van der Waals surface area contributed by atoms with Crippen LogP contribution in [0.3, 0.4) is 0 Å². The van der Waals surface area contributed by atoms with Crippen LogP contribution in [0.5, 0.6) is 0 Å². The van der Waals surface area contributed by atoms with E-state index in [0.29, 0.717) is 11.4 Å². The molecule has 4 heteroatoms. The molecule has 1 N–H and O–H groups in total. The number of carbonyl (C=O) groups is 1. The number of rotatable bonds is 4. The second kappa shape index (κ2) is 4.96. The summed E-state index contributed by atoms with van der Waals surface area (Å²) in [6, 6.07) is 5.61. The molecule has 0 saturated heterocycles. The van der Waals surface area contributed by atoms with E-state index in [1.807, 2.05) is 31.1 Å². The van der Waals surface area contributed by atoms with Crippen molar-refractivity contribution in [2.75, 3.05) is 19.0 Å². The molecule has 1 aromatic carbocycles. The van der Waals surface area contributed by atoms with Crippen molar-refractivity contribution in [2.45, 2.75) is 20.3 Å². The van der Waals surface area contributed by atoms with Gasteiger partial charge >= 0.3 is 5.97 Å². The molecule has 17 heavy (non-hydrogen) atoms. The molecule has 0 amide bonds. The van der Waals surface area contributed by atoms with Crippen molar-refractivity contribution in [3.8, 4) is 0 Å². The van der Waals surface area contributed by atoms with E-state index in [-0.39, 0.29) is 0 Å². The van der Waals surface area contributed by atoms with Gasteiger partial charge in [0, 0.05) is 24.8 Å². The summed E-state index contributed by atoms with van der Waals surface area (Å²) in [5, 5.41) is 9.78. The van der Waals surface area contributed by atoms with E-state index in [9.17, 15) is 4.79 Å². The number of hydrogen-bond donors (Lipinski definition) is 1. The zero-order chi connectivity index (χ0) is 13.2. The topological polar surface area (TPSA) is 40.5 Å². The molecule has 1 aromatic rings. The fourth-order valence-electron chi connectivity index (χ4n) is 1.66. The van der Waals surface area contributed by atoms with E-state index >= 15 is 0 Å². The summed E-state index contributed by atoms with van der Waals surface area (Å²) in [6.45, 7) is 3.41. The maximum atomic E-state index is 11.2. The monoisotopic (exact) mass is 255 g/mol. The van der Waals surface area contributed by atoms with Crippen LogP contribution in [0.2, 0.25) is 5.02 Å². The van der Waals surface area contributed by atoms with Crippen molar-refractivity contribution >= 4 is 23.3 Å². The van der Waals surface area contributed by atoms with E-state index in [2.05, 4.69) is 0 Å². The second-order valence-corrected chi connectivity index (χ2v) is 5.40. The Labute approximate surface area is 107 Å². The highest BCUT2D eigenvalue weighted by atomic mass is 35.5. The molecule has 0 atom stereocenters. The highest BCUT2D eigenvalue weighted by molar-refractivity contribution is 6.31. The minimum atomic E-state index is -0.824. The largest absolute Gasteiger partial charge is 0.481 e. The summed E-state index contributed by atoms with van der Waals surface area (Å²) in [5.74, 6) is -0.817. The predicted molar refractivity (Wildman–Crippen MR) is 70.9 cm³/mol. The van der Waals surface area contributed by atoms with Crippen molar-refractivity contribution in [3.63, 3.8) is 0 Å². The van der Waals surface area contributed by atoms with E-state index in [0.717, 1.165) is 11.3 Å². The summed E-state index contributed by atoms with van der Waals surface area (Å²) >= 11 is 6.16. The van der Waals surface area contributed by atoms with Crippen molar-refractivity contribution in [1.82, 2.24) is 0 Å². The Bertz CT molecular complexity index is 427. The number of anilines is 1. The third-order valence-electron chi connectivity index (χ3n) is 2.77. The standard InChI is InChI=1S/C13H18ClNO2/c1-13(2,12(16)17)8-9-10(14)6-5-7-11(9)15(3)4/h5-7H,8H2,1-4H3,(H,16,17). The SMILES string of the molecule is CN(C)c1cccc(Cl)c1CC(C)(C)C(=O)O. The van der Waals surface area contributed by atoms with Gasteiger partial charge in [-0.25, -0.2) is 0 Å².